The van der Waals surface area contributed by atoms with Crippen LogP contribution in [-0.2, 0) is 24.4 Å². The maximum Gasteiger partial charge on any atom is 0.194 e. The van der Waals surface area contributed by atoms with Crippen molar-refractivity contribution in [3.63, 3.8) is 0 Å². The van der Waals surface area contributed by atoms with E-state index in [2.05, 4.69) is 65.3 Å². The SMILES string of the molecule is CCNC(=NCc1cccc(COC(C)C)c1)N1CCN(Cc2ccon2)CC1. The third kappa shape index (κ3) is 6.87. The fraction of sp³-hybridized carbons (Fsp3) is 0.545. The van der Waals surface area contributed by atoms with Gasteiger partial charge < -0.3 is 19.5 Å². The number of aliphatic imine (C=N–C) groups is 1. The van der Waals surface area contributed by atoms with E-state index in [0.717, 1.165) is 50.9 Å². The third-order valence-corrected chi connectivity index (χ3v) is 4.87. The van der Waals surface area contributed by atoms with Crippen molar-refractivity contribution < 1.29 is 9.26 Å². The second kappa shape index (κ2) is 11.0. The second-order valence-electron chi connectivity index (χ2n) is 7.60. The summed E-state index contributed by atoms with van der Waals surface area (Å²) in [6, 6.07) is 10.4. The number of benzene rings is 1. The van der Waals surface area contributed by atoms with Crippen molar-refractivity contribution in [1.82, 2.24) is 20.3 Å². The lowest BCUT2D eigenvalue weighted by Gasteiger charge is -2.36. The first kappa shape index (κ1) is 21.3. The van der Waals surface area contributed by atoms with Gasteiger partial charge in [0.25, 0.3) is 0 Å². The summed E-state index contributed by atoms with van der Waals surface area (Å²) in [5, 5.41) is 7.45. The highest BCUT2D eigenvalue weighted by Gasteiger charge is 2.20. The summed E-state index contributed by atoms with van der Waals surface area (Å²) < 4.78 is 10.7. The minimum absolute atomic E-state index is 0.236. The van der Waals surface area contributed by atoms with Crippen LogP contribution in [0.3, 0.4) is 0 Å². The summed E-state index contributed by atoms with van der Waals surface area (Å²) in [5.41, 5.74) is 3.38. The highest BCUT2D eigenvalue weighted by Crippen LogP contribution is 2.11. The van der Waals surface area contributed by atoms with E-state index in [9.17, 15) is 0 Å². The number of hydrogen-bond donors (Lipinski definition) is 1. The topological polar surface area (TPSA) is 66.1 Å². The van der Waals surface area contributed by atoms with Crippen molar-refractivity contribution in [2.75, 3.05) is 32.7 Å². The highest BCUT2D eigenvalue weighted by molar-refractivity contribution is 5.80. The molecular weight excluding hydrogens is 366 g/mol. The molecule has 158 valence electrons. The summed E-state index contributed by atoms with van der Waals surface area (Å²) >= 11 is 0. The number of nitrogens with zero attached hydrogens (tertiary/aromatic N) is 4. The van der Waals surface area contributed by atoms with E-state index in [1.165, 1.54) is 11.1 Å². The molecule has 0 saturated carbocycles. The molecule has 1 N–H and O–H groups in total. The van der Waals surface area contributed by atoms with Gasteiger partial charge in [-0.05, 0) is 31.9 Å². The van der Waals surface area contributed by atoms with Crippen LogP contribution in [-0.4, -0.2) is 59.7 Å². The average Bonchev–Trinajstić information content (AvgIpc) is 3.24. The Kier molecular flexibility index (Phi) is 8.07. The summed E-state index contributed by atoms with van der Waals surface area (Å²) in [5.74, 6) is 0.984. The molecule has 1 aromatic heterocycles. The van der Waals surface area contributed by atoms with Crippen molar-refractivity contribution in [1.29, 1.82) is 0 Å². The maximum atomic E-state index is 5.72. The normalized spacial score (nSPS) is 15.9. The van der Waals surface area contributed by atoms with Gasteiger partial charge >= 0.3 is 0 Å². The van der Waals surface area contributed by atoms with Gasteiger partial charge in [-0.15, -0.1) is 0 Å². The molecular formula is C22H33N5O2. The van der Waals surface area contributed by atoms with Crippen molar-refractivity contribution in [3.8, 4) is 0 Å². The zero-order valence-corrected chi connectivity index (χ0v) is 17.8. The molecule has 2 heterocycles. The van der Waals surface area contributed by atoms with Crippen LogP contribution < -0.4 is 5.32 Å². The molecule has 0 aliphatic carbocycles. The number of rotatable bonds is 8. The van der Waals surface area contributed by atoms with Gasteiger partial charge in [-0.2, -0.15) is 0 Å². The van der Waals surface area contributed by atoms with E-state index < -0.39 is 0 Å². The molecule has 0 amide bonds. The van der Waals surface area contributed by atoms with Crippen LogP contribution in [0.25, 0.3) is 0 Å². The molecule has 3 rings (SSSR count). The van der Waals surface area contributed by atoms with E-state index in [1.54, 1.807) is 6.26 Å². The zero-order valence-electron chi connectivity index (χ0n) is 17.8. The number of ether oxygens (including phenoxy) is 1. The van der Waals surface area contributed by atoms with Gasteiger partial charge in [-0.3, -0.25) is 4.90 Å². The number of aromatic nitrogens is 1. The van der Waals surface area contributed by atoms with Crippen LogP contribution in [0, 0.1) is 0 Å². The number of hydrogen-bond acceptors (Lipinski definition) is 5. The molecule has 29 heavy (non-hydrogen) atoms. The molecule has 0 unspecified atom stereocenters. The van der Waals surface area contributed by atoms with Crippen molar-refractivity contribution in [3.05, 3.63) is 53.4 Å². The van der Waals surface area contributed by atoms with Gasteiger partial charge in [-0.25, -0.2) is 4.99 Å². The number of nitrogens with one attached hydrogen (secondary N) is 1. The van der Waals surface area contributed by atoms with Crippen LogP contribution in [0.2, 0.25) is 0 Å². The first-order valence-corrected chi connectivity index (χ1v) is 10.5. The van der Waals surface area contributed by atoms with E-state index in [1.807, 2.05) is 6.07 Å². The lowest BCUT2D eigenvalue weighted by Crippen LogP contribution is -2.52. The van der Waals surface area contributed by atoms with Crippen LogP contribution >= 0.6 is 0 Å². The van der Waals surface area contributed by atoms with Crippen LogP contribution in [0.5, 0.6) is 0 Å². The summed E-state index contributed by atoms with van der Waals surface area (Å²) in [6.45, 7) is 13.1. The Morgan fingerprint density at radius 2 is 2.00 bits per heavy atom. The standard InChI is InChI=1S/C22H33N5O2/c1-4-23-22(24-15-19-6-5-7-20(14-19)17-28-18(2)3)27-11-9-26(10-12-27)16-21-8-13-29-25-21/h5-8,13-14,18H,4,9-12,15-17H2,1-3H3,(H,23,24). The Balaban J connectivity index is 1.55. The van der Waals surface area contributed by atoms with Crippen LogP contribution in [0.15, 0.2) is 46.1 Å². The first-order chi connectivity index (χ1) is 14.1. The molecule has 0 bridgehead atoms. The van der Waals surface area contributed by atoms with E-state index in [4.69, 9.17) is 14.3 Å². The Labute approximate surface area is 173 Å². The molecule has 0 spiro atoms. The van der Waals surface area contributed by atoms with Gasteiger partial charge in [0.05, 0.1) is 24.9 Å². The number of guanidine groups is 1. The van der Waals surface area contributed by atoms with Crippen molar-refractivity contribution in [2.24, 2.45) is 4.99 Å². The van der Waals surface area contributed by atoms with Gasteiger partial charge in [0.2, 0.25) is 0 Å². The average molecular weight is 400 g/mol. The monoisotopic (exact) mass is 399 g/mol. The Hall–Kier alpha value is -2.38. The van der Waals surface area contributed by atoms with Crippen LogP contribution in [0.1, 0.15) is 37.6 Å². The molecule has 1 aliphatic heterocycles. The first-order valence-electron chi connectivity index (χ1n) is 10.5. The Bertz CT molecular complexity index is 752. The smallest absolute Gasteiger partial charge is 0.194 e. The fourth-order valence-corrected chi connectivity index (χ4v) is 3.34. The molecule has 7 nitrogen and oxygen atoms in total. The van der Waals surface area contributed by atoms with Gasteiger partial charge in [0, 0.05) is 45.3 Å². The Morgan fingerprint density at radius 1 is 1.21 bits per heavy atom. The van der Waals surface area contributed by atoms with Gasteiger partial charge in [0.1, 0.15) is 6.26 Å². The molecule has 1 aromatic carbocycles. The fourth-order valence-electron chi connectivity index (χ4n) is 3.34. The van der Waals surface area contributed by atoms with E-state index >= 15 is 0 Å². The number of piperazine rings is 1. The minimum atomic E-state index is 0.236. The second-order valence-corrected chi connectivity index (χ2v) is 7.60. The van der Waals surface area contributed by atoms with Crippen molar-refractivity contribution in [2.45, 2.75) is 46.6 Å². The largest absolute Gasteiger partial charge is 0.374 e. The predicted molar refractivity (Wildman–Crippen MR) is 115 cm³/mol. The molecule has 0 radical (unpaired) electrons. The molecule has 1 aliphatic rings. The lowest BCUT2D eigenvalue weighted by molar-refractivity contribution is 0.0657. The summed E-state index contributed by atoms with van der Waals surface area (Å²) in [6.07, 6.45) is 1.87. The molecule has 0 atom stereocenters. The minimum Gasteiger partial charge on any atom is -0.374 e. The predicted octanol–water partition coefficient (Wildman–Crippen LogP) is 2.88. The molecule has 7 heteroatoms. The lowest BCUT2D eigenvalue weighted by atomic mass is 10.1. The maximum absolute atomic E-state index is 5.72. The van der Waals surface area contributed by atoms with Gasteiger partial charge in [0.15, 0.2) is 5.96 Å². The van der Waals surface area contributed by atoms with E-state index in [-0.39, 0.29) is 6.10 Å². The van der Waals surface area contributed by atoms with Gasteiger partial charge in [-0.1, -0.05) is 29.4 Å². The summed E-state index contributed by atoms with van der Waals surface area (Å²) in [7, 11) is 0. The molecule has 1 saturated heterocycles. The quantitative estimate of drug-likeness (QED) is 0.544. The zero-order chi connectivity index (χ0) is 20.5. The van der Waals surface area contributed by atoms with Crippen LogP contribution in [0.4, 0.5) is 0 Å². The van der Waals surface area contributed by atoms with E-state index in [0.29, 0.717) is 13.2 Å². The third-order valence-electron chi connectivity index (χ3n) is 4.87. The Morgan fingerprint density at radius 3 is 2.69 bits per heavy atom. The van der Waals surface area contributed by atoms with Crippen molar-refractivity contribution >= 4 is 5.96 Å². The molecule has 2 aromatic rings. The highest BCUT2D eigenvalue weighted by atomic mass is 16.5. The molecule has 1 fully saturated rings. The summed E-state index contributed by atoms with van der Waals surface area (Å²) in [4.78, 5) is 9.63.